The Bertz CT molecular complexity index is 435. The molecule has 0 aromatic carbocycles. The normalized spacial score (nSPS) is 23.2. The number of aryl methyl sites for hydroxylation is 2. The molecule has 0 atom stereocenters. The number of anilines is 1. The van der Waals surface area contributed by atoms with E-state index in [0.717, 1.165) is 0 Å². The Morgan fingerprint density at radius 1 is 1.65 bits per heavy atom. The maximum atomic E-state index is 12.0. The molecule has 1 saturated carbocycles. The van der Waals surface area contributed by atoms with Crippen molar-refractivity contribution in [3.8, 4) is 0 Å². The number of aliphatic hydroxyl groups is 1. The summed E-state index contributed by atoms with van der Waals surface area (Å²) < 4.78 is 1.61. The quantitative estimate of drug-likeness (QED) is 0.693. The molecule has 1 aliphatic rings. The van der Waals surface area contributed by atoms with Crippen LogP contribution in [-0.2, 0) is 6.54 Å². The minimum Gasteiger partial charge on any atom is -0.395 e. The number of nitrogen functional groups attached to an aromatic ring is 1. The third kappa shape index (κ3) is 2.12. The van der Waals surface area contributed by atoms with Crippen molar-refractivity contribution in [2.75, 3.05) is 5.73 Å². The first-order valence-corrected chi connectivity index (χ1v) is 5.84. The Balaban J connectivity index is 2.13. The molecular weight excluding hydrogens is 220 g/mol. The molecule has 94 valence electrons. The van der Waals surface area contributed by atoms with E-state index in [1.165, 1.54) is 0 Å². The fraction of sp³-hybridized carbons (Fsp3) is 0.636. The van der Waals surface area contributed by atoms with E-state index in [1.54, 1.807) is 11.6 Å². The number of nitrogens with zero attached hydrogens (tertiary/aromatic N) is 2. The number of aromatic nitrogens is 2. The van der Waals surface area contributed by atoms with Gasteiger partial charge in [0.2, 0.25) is 0 Å². The zero-order valence-electron chi connectivity index (χ0n) is 10.1. The monoisotopic (exact) mass is 238 g/mol. The zero-order valence-corrected chi connectivity index (χ0v) is 10.1. The lowest BCUT2D eigenvalue weighted by Crippen LogP contribution is -2.47. The van der Waals surface area contributed by atoms with Gasteiger partial charge in [0.1, 0.15) is 5.69 Å². The van der Waals surface area contributed by atoms with Crippen molar-refractivity contribution in [3.63, 3.8) is 0 Å². The lowest BCUT2D eigenvalue weighted by Gasteiger charge is -2.31. The molecule has 0 bridgehead atoms. The predicted octanol–water partition coefficient (Wildman–Crippen LogP) is 0.0467. The molecule has 6 nitrogen and oxygen atoms in total. The Morgan fingerprint density at radius 2 is 2.29 bits per heavy atom. The minimum atomic E-state index is -0.282. The van der Waals surface area contributed by atoms with Crippen molar-refractivity contribution in [2.45, 2.75) is 45.4 Å². The average molecular weight is 238 g/mol. The first-order valence-electron chi connectivity index (χ1n) is 5.84. The Kier molecular flexibility index (Phi) is 3.06. The van der Waals surface area contributed by atoms with E-state index < -0.39 is 0 Å². The van der Waals surface area contributed by atoms with Gasteiger partial charge in [-0.15, -0.1) is 0 Å². The van der Waals surface area contributed by atoms with Crippen LogP contribution in [0.25, 0.3) is 0 Å². The van der Waals surface area contributed by atoms with Crippen molar-refractivity contribution >= 4 is 11.6 Å². The van der Waals surface area contributed by atoms with Crippen LogP contribution in [0.15, 0.2) is 0 Å². The number of carbonyl (C=O) groups is 1. The fourth-order valence-corrected chi connectivity index (χ4v) is 2.02. The van der Waals surface area contributed by atoms with E-state index in [2.05, 4.69) is 10.4 Å². The molecule has 0 unspecified atom stereocenters. The van der Waals surface area contributed by atoms with E-state index in [0.29, 0.717) is 36.5 Å². The number of rotatable bonds is 3. The van der Waals surface area contributed by atoms with E-state index in [4.69, 9.17) is 10.8 Å². The molecule has 6 heteroatoms. The predicted molar refractivity (Wildman–Crippen MR) is 63.5 cm³/mol. The minimum absolute atomic E-state index is 0.0532. The Hall–Kier alpha value is -1.56. The van der Waals surface area contributed by atoms with Gasteiger partial charge in [-0.2, -0.15) is 5.10 Å². The lowest BCUT2D eigenvalue weighted by molar-refractivity contribution is 0.0559. The molecule has 1 aliphatic carbocycles. The number of aliphatic hydroxyl groups excluding tert-OH is 1. The molecule has 0 spiro atoms. The van der Waals surface area contributed by atoms with Crippen molar-refractivity contribution in [2.24, 2.45) is 0 Å². The molecule has 0 aliphatic heterocycles. The summed E-state index contributed by atoms with van der Waals surface area (Å²) in [5.74, 6) is -0.207. The summed E-state index contributed by atoms with van der Waals surface area (Å²) >= 11 is 0. The van der Waals surface area contributed by atoms with Gasteiger partial charge in [-0.05, 0) is 26.7 Å². The molecule has 1 fully saturated rings. The van der Waals surface area contributed by atoms with Crippen LogP contribution in [0.5, 0.6) is 0 Å². The van der Waals surface area contributed by atoms with Gasteiger partial charge in [0.25, 0.3) is 5.91 Å². The Labute approximate surface area is 99.8 Å². The maximum Gasteiger partial charge on any atom is 0.271 e. The first kappa shape index (κ1) is 11.9. The van der Waals surface area contributed by atoms with Gasteiger partial charge in [0.15, 0.2) is 0 Å². The van der Waals surface area contributed by atoms with E-state index in [9.17, 15) is 4.79 Å². The second-order valence-corrected chi connectivity index (χ2v) is 4.46. The molecule has 4 N–H and O–H groups in total. The van der Waals surface area contributed by atoms with Crippen molar-refractivity contribution in [1.82, 2.24) is 15.1 Å². The Morgan fingerprint density at radius 3 is 2.82 bits per heavy atom. The highest BCUT2D eigenvalue weighted by Crippen LogP contribution is 2.21. The fourth-order valence-electron chi connectivity index (χ4n) is 2.02. The largest absolute Gasteiger partial charge is 0.395 e. The van der Waals surface area contributed by atoms with E-state index in [-0.39, 0.29) is 18.1 Å². The van der Waals surface area contributed by atoms with Crippen LogP contribution >= 0.6 is 0 Å². The van der Waals surface area contributed by atoms with Crippen LogP contribution in [-0.4, -0.2) is 32.9 Å². The van der Waals surface area contributed by atoms with Crippen LogP contribution in [0.3, 0.4) is 0 Å². The summed E-state index contributed by atoms with van der Waals surface area (Å²) in [6.45, 7) is 4.30. The van der Waals surface area contributed by atoms with Gasteiger partial charge in [-0.1, -0.05) is 0 Å². The first-order chi connectivity index (χ1) is 8.02. The van der Waals surface area contributed by atoms with E-state index >= 15 is 0 Å². The molecule has 17 heavy (non-hydrogen) atoms. The van der Waals surface area contributed by atoms with Gasteiger partial charge < -0.3 is 16.2 Å². The molecule has 1 aromatic heterocycles. The van der Waals surface area contributed by atoms with Crippen LogP contribution in [0.4, 0.5) is 5.69 Å². The summed E-state index contributed by atoms with van der Waals surface area (Å²) in [4.78, 5) is 12.0. The van der Waals surface area contributed by atoms with E-state index in [1.807, 2.05) is 6.92 Å². The number of carbonyl (C=O) groups excluding carboxylic acids is 1. The number of amides is 1. The number of nitrogens with two attached hydrogens (primary N) is 1. The highest BCUT2D eigenvalue weighted by molar-refractivity contribution is 5.98. The second kappa shape index (κ2) is 4.37. The highest BCUT2D eigenvalue weighted by Gasteiger charge is 2.30. The average Bonchev–Trinajstić information content (AvgIpc) is 2.52. The second-order valence-electron chi connectivity index (χ2n) is 4.46. The van der Waals surface area contributed by atoms with Crippen LogP contribution in [0.1, 0.15) is 35.9 Å². The molecule has 0 radical (unpaired) electrons. The van der Waals surface area contributed by atoms with Crippen molar-refractivity contribution < 1.29 is 9.90 Å². The van der Waals surface area contributed by atoms with Gasteiger partial charge in [0, 0.05) is 12.6 Å². The number of hydrogen-bond donors (Lipinski definition) is 3. The van der Waals surface area contributed by atoms with Crippen molar-refractivity contribution in [1.29, 1.82) is 0 Å². The summed E-state index contributed by atoms with van der Waals surface area (Å²) in [6.07, 6.45) is 0.950. The van der Waals surface area contributed by atoms with Crippen LogP contribution in [0, 0.1) is 6.92 Å². The summed E-state index contributed by atoms with van der Waals surface area (Å²) in [5.41, 5.74) is 7.38. The molecule has 0 saturated heterocycles. The smallest absolute Gasteiger partial charge is 0.271 e. The van der Waals surface area contributed by atoms with Crippen molar-refractivity contribution in [3.05, 3.63) is 11.4 Å². The standard InChI is InChI=1S/C11H18N4O2/c1-3-15-10(9(12)6(2)14-15)11(17)13-7-4-8(16)5-7/h7-8,16H,3-5,12H2,1-2H3,(H,13,17). The van der Waals surface area contributed by atoms with Crippen LogP contribution in [0.2, 0.25) is 0 Å². The third-order valence-corrected chi connectivity index (χ3v) is 3.14. The molecule has 1 aromatic rings. The maximum absolute atomic E-state index is 12.0. The zero-order chi connectivity index (χ0) is 12.6. The number of hydrogen-bond acceptors (Lipinski definition) is 4. The molecule has 2 rings (SSSR count). The summed E-state index contributed by atoms with van der Waals surface area (Å²) in [6, 6.07) is 0.0532. The topological polar surface area (TPSA) is 93.2 Å². The lowest BCUT2D eigenvalue weighted by atomic mass is 9.89. The van der Waals surface area contributed by atoms with Gasteiger partial charge in [-0.3, -0.25) is 9.48 Å². The van der Waals surface area contributed by atoms with Crippen LogP contribution < -0.4 is 11.1 Å². The SMILES string of the molecule is CCn1nc(C)c(N)c1C(=O)NC1CC(O)C1. The van der Waals surface area contributed by atoms with Gasteiger partial charge >= 0.3 is 0 Å². The van der Waals surface area contributed by atoms with Gasteiger partial charge in [-0.25, -0.2) is 0 Å². The third-order valence-electron chi connectivity index (χ3n) is 3.14. The summed E-state index contributed by atoms with van der Waals surface area (Å²) in [7, 11) is 0. The number of nitrogens with one attached hydrogen (secondary N) is 1. The molecule has 1 heterocycles. The van der Waals surface area contributed by atoms with Gasteiger partial charge in [0.05, 0.1) is 17.5 Å². The highest BCUT2D eigenvalue weighted by atomic mass is 16.3. The summed E-state index contributed by atoms with van der Waals surface area (Å²) in [5, 5.41) is 16.2. The molecular formula is C11H18N4O2. The molecule has 1 amide bonds.